The Morgan fingerprint density at radius 1 is 0.885 bits per heavy atom. The fraction of sp³-hybridized carbons (Fsp3) is 0.174. The van der Waals surface area contributed by atoms with Crippen LogP contribution in [-0.4, -0.2) is 5.91 Å². The van der Waals surface area contributed by atoms with Crippen LogP contribution in [0.25, 0.3) is 0 Å². The lowest BCUT2D eigenvalue weighted by Crippen LogP contribution is -2.28. The van der Waals surface area contributed by atoms with E-state index in [1.165, 1.54) is 0 Å². The van der Waals surface area contributed by atoms with E-state index in [-0.39, 0.29) is 11.9 Å². The first kappa shape index (κ1) is 17.7. The van der Waals surface area contributed by atoms with Crippen molar-refractivity contribution in [1.29, 1.82) is 0 Å². The van der Waals surface area contributed by atoms with Gasteiger partial charge in [-0.15, -0.1) is 0 Å². The molecule has 0 fully saturated rings. The number of para-hydroxylation sites is 1. The molecule has 3 nitrogen and oxygen atoms in total. The molecular formula is C23H23NO2. The largest absolute Gasteiger partial charge is 0.488 e. The quantitative estimate of drug-likeness (QED) is 0.643. The smallest absolute Gasteiger partial charge is 0.255 e. The molecule has 132 valence electrons. The summed E-state index contributed by atoms with van der Waals surface area (Å²) in [7, 11) is 0. The molecule has 1 atom stereocenters. The van der Waals surface area contributed by atoms with Gasteiger partial charge in [0, 0.05) is 0 Å². The van der Waals surface area contributed by atoms with Crippen molar-refractivity contribution in [1.82, 2.24) is 5.32 Å². The molecule has 0 aliphatic heterocycles. The minimum Gasteiger partial charge on any atom is -0.488 e. The van der Waals surface area contributed by atoms with E-state index in [1.807, 2.05) is 78.9 Å². The lowest BCUT2D eigenvalue weighted by molar-refractivity contribution is 0.0931. The van der Waals surface area contributed by atoms with Crippen LogP contribution in [0.15, 0.2) is 84.9 Å². The Kier molecular flexibility index (Phi) is 6.05. The van der Waals surface area contributed by atoms with Gasteiger partial charge in [-0.3, -0.25) is 4.79 Å². The number of nitrogens with one attached hydrogen (secondary N) is 1. The topological polar surface area (TPSA) is 38.3 Å². The first-order valence-electron chi connectivity index (χ1n) is 8.89. The fourth-order valence-electron chi connectivity index (χ4n) is 2.86. The minimum absolute atomic E-state index is 0.0223. The summed E-state index contributed by atoms with van der Waals surface area (Å²) >= 11 is 0. The minimum atomic E-state index is -0.121. The number of carbonyl (C=O) groups excluding carboxylic acids is 1. The SMILES string of the molecule is CC[C@@H](NC(=O)c1ccccc1OCc1ccccc1)c1ccccc1. The predicted octanol–water partition coefficient (Wildman–Crippen LogP) is 5.15. The monoisotopic (exact) mass is 345 g/mol. The Bertz CT molecular complexity index is 831. The number of ether oxygens (including phenoxy) is 1. The molecule has 3 aromatic rings. The molecule has 1 amide bonds. The molecule has 0 aliphatic carbocycles. The van der Waals surface area contributed by atoms with E-state index in [9.17, 15) is 4.79 Å². The zero-order valence-corrected chi connectivity index (χ0v) is 14.9. The van der Waals surface area contributed by atoms with Gasteiger partial charge < -0.3 is 10.1 Å². The lowest BCUT2D eigenvalue weighted by atomic mass is 10.0. The molecule has 0 saturated carbocycles. The molecule has 0 spiro atoms. The first-order valence-corrected chi connectivity index (χ1v) is 8.89. The van der Waals surface area contributed by atoms with Crippen LogP contribution in [0, 0.1) is 0 Å². The van der Waals surface area contributed by atoms with E-state index in [2.05, 4.69) is 12.2 Å². The zero-order chi connectivity index (χ0) is 18.2. The Morgan fingerprint density at radius 3 is 2.19 bits per heavy atom. The highest BCUT2D eigenvalue weighted by Gasteiger charge is 2.17. The molecule has 1 N–H and O–H groups in total. The summed E-state index contributed by atoms with van der Waals surface area (Å²) in [6.45, 7) is 2.50. The van der Waals surface area contributed by atoms with Crippen molar-refractivity contribution in [3.63, 3.8) is 0 Å². The van der Waals surface area contributed by atoms with Crippen molar-refractivity contribution in [3.05, 3.63) is 102 Å². The number of hydrogen-bond donors (Lipinski definition) is 1. The van der Waals surface area contributed by atoms with Gasteiger partial charge in [-0.1, -0.05) is 79.7 Å². The van der Waals surface area contributed by atoms with Crippen LogP contribution in [0.5, 0.6) is 5.75 Å². The standard InChI is InChI=1S/C23H23NO2/c1-2-21(19-13-7-4-8-14-19)24-23(25)20-15-9-10-16-22(20)26-17-18-11-5-3-6-12-18/h3-16,21H,2,17H2,1H3,(H,24,25)/t21-/m1/s1. The Balaban J connectivity index is 1.73. The van der Waals surface area contributed by atoms with E-state index >= 15 is 0 Å². The van der Waals surface area contributed by atoms with Crippen molar-refractivity contribution in [2.24, 2.45) is 0 Å². The van der Waals surface area contributed by atoms with Gasteiger partial charge >= 0.3 is 0 Å². The highest BCUT2D eigenvalue weighted by molar-refractivity contribution is 5.97. The highest BCUT2D eigenvalue weighted by atomic mass is 16.5. The van der Waals surface area contributed by atoms with E-state index in [1.54, 1.807) is 6.07 Å². The third-order valence-electron chi connectivity index (χ3n) is 4.28. The van der Waals surface area contributed by atoms with Crippen LogP contribution in [0.4, 0.5) is 0 Å². The highest BCUT2D eigenvalue weighted by Crippen LogP contribution is 2.22. The van der Waals surface area contributed by atoms with E-state index in [0.29, 0.717) is 17.9 Å². The number of rotatable bonds is 7. The molecule has 0 saturated heterocycles. The van der Waals surface area contributed by atoms with Gasteiger partial charge in [0.25, 0.3) is 5.91 Å². The maximum Gasteiger partial charge on any atom is 0.255 e. The van der Waals surface area contributed by atoms with Gasteiger partial charge in [-0.2, -0.15) is 0 Å². The van der Waals surface area contributed by atoms with Crippen molar-refractivity contribution < 1.29 is 9.53 Å². The summed E-state index contributed by atoms with van der Waals surface area (Å²) in [6.07, 6.45) is 0.822. The van der Waals surface area contributed by atoms with Crippen LogP contribution in [-0.2, 0) is 6.61 Å². The second-order valence-electron chi connectivity index (χ2n) is 6.12. The third-order valence-corrected chi connectivity index (χ3v) is 4.28. The first-order chi connectivity index (χ1) is 12.8. The van der Waals surface area contributed by atoms with E-state index < -0.39 is 0 Å². The number of hydrogen-bond acceptors (Lipinski definition) is 2. The van der Waals surface area contributed by atoms with E-state index in [4.69, 9.17) is 4.74 Å². The number of carbonyl (C=O) groups is 1. The molecular weight excluding hydrogens is 322 g/mol. The lowest BCUT2D eigenvalue weighted by Gasteiger charge is -2.19. The predicted molar refractivity (Wildman–Crippen MR) is 104 cm³/mol. The molecule has 3 aromatic carbocycles. The molecule has 26 heavy (non-hydrogen) atoms. The van der Waals surface area contributed by atoms with Crippen LogP contribution >= 0.6 is 0 Å². The Morgan fingerprint density at radius 2 is 1.50 bits per heavy atom. The Hall–Kier alpha value is -3.07. The third kappa shape index (κ3) is 4.51. The maximum atomic E-state index is 12.8. The number of benzene rings is 3. The maximum absolute atomic E-state index is 12.8. The zero-order valence-electron chi connectivity index (χ0n) is 14.9. The van der Waals surface area contributed by atoms with Gasteiger partial charge in [0.1, 0.15) is 12.4 Å². The summed E-state index contributed by atoms with van der Waals surface area (Å²) in [5.74, 6) is 0.473. The average Bonchev–Trinajstić information content (AvgIpc) is 2.72. The number of amides is 1. The molecule has 0 heterocycles. The van der Waals surface area contributed by atoms with Gasteiger partial charge in [-0.05, 0) is 29.7 Å². The summed E-state index contributed by atoms with van der Waals surface area (Å²) in [6, 6.07) is 27.3. The fourth-order valence-corrected chi connectivity index (χ4v) is 2.86. The molecule has 0 aromatic heterocycles. The van der Waals surface area contributed by atoms with Crippen molar-refractivity contribution in [2.45, 2.75) is 26.0 Å². The molecule has 0 aliphatic rings. The Labute approximate surface area is 154 Å². The molecule has 3 rings (SSSR count). The molecule has 0 bridgehead atoms. The second kappa shape index (κ2) is 8.86. The normalized spacial score (nSPS) is 11.6. The summed E-state index contributed by atoms with van der Waals surface area (Å²) in [5, 5.41) is 3.12. The van der Waals surface area contributed by atoms with Crippen molar-refractivity contribution >= 4 is 5.91 Å². The molecule has 0 radical (unpaired) electrons. The van der Waals surface area contributed by atoms with Gasteiger partial charge in [-0.25, -0.2) is 0 Å². The van der Waals surface area contributed by atoms with Gasteiger partial charge in [0.15, 0.2) is 0 Å². The average molecular weight is 345 g/mol. The van der Waals surface area contributed by atoms with Crippen LogP contribution in [0.2, 0.25) is 0 Å². The van der Waals surface area contributed by atoms with Crippen LogP contribution in [0.3, 0.4) is 0 Å². The molecule has 3 heteroatoms. The summed E-state index contributed by atoms with van der Waals surface area (Å²) in [4.78, 5) is 12.8. The summed E-state index contributed by atoms with van der Waals surface area (Å²) in [5.41, 5.74) is 2.72. The van der Waals surface area contributed by atoms with Crippen LogP contribution in [0.1, 0.15) is 40.9 Å². The second-order valence-corrected chi connectivity index (χ2v) is 6.12. The van der Waals surface area contributed by atoms with Crippen molar-refractivity contribution in [2.75, 3.05) is 0 Å². The summed E-state index contributed by atoms with van der Waals surface area (Å²) < 4.78 is 5.90. The van der Waals surface area contributed by atoms with Gasteiger partial charge in [0.05, 0.1) is 11.6 Å². The molecule has 0 unspecified atom stereocenters. The van der Waals surface area contributed by atoms with Gasteiger partial charge in [0.2, 0.25) is 0 Å². The van der Waals surface area contributed by atoms with E-state index in [0.717, 1.165) is 17.5 Å². The van der Waals surface area contributed by atoms with Crippen molar-refractivity contribution in [3.8, 4) is 5.75 Å². The van der Waals surface area contributed by atoms with Crippen LogP contribution < -0.4 is 10.1 Å².